The first-order valence-corrected chi connectivity index (χ1v) is 5.18. The van der Waals surface area contributed by atoms with E-state index in [4.69, 9.17) is 10.9 Å². The van der Waals surface area contributed by atoms with Crippen molar-refractivity contribution in [2.75, 3.05) is 26.3 Å². The van der Waals surface area contributed by atoms with Gasteiger partial charge in [-0.05, 0) is 6.92 Å². The van der Waals surface area contributed by atoms with Crippen LogP contribution in [0.2, 0.25) is 0 Å². The number of nitrogens with zero attached hydrogens (tertiary/aromatic N) is 2. The minimum absolute atomic E-state index is 0.0783. The zero-order valence-corrected chi connectivity index (χ0v) is 9.90. The molecule has 3 N–H and O–H groups in total. The van der Waals surface area contributed by atoms with Crippen LogP contribution in [0.5, 0.6) is 0 Å². The van der Waals surface area contributed by atoms with Gasteiger partial charge in [-0.15, -0.1) is 0 Å². The fourth-order valence-electron chi connectivity index (χ4n) is 1.11. The first kappa shape index (κ1) is 16.5. The number of amidine groups is 1. The predicted octanol–water partition coefficient (Wildman–Crippen LogP) is 0.550. The van der Waals surface area contributed by atoms with Crippen molar-refractivity contribution in [1.82, 2.24) is 4.90 Å². The van der Waals surface area contributed by atoms with Gasteiger partial charge in [0, 0.05) is 6.54 Å². The molecule has 9 heteroatoms. The molecule has 6 nitrogen and oxygen atoms in total. The van der Waals surface area contributed by atoms with Crippen molar-refractivity contribution in [3.05, 3.63) is 0 Å². The fourth-order valence-corrected chi connectivity index (χ4v) is 1.11. The van der Waals surface area contributed by atoms with E-state index in [2.05, 4.69) is 9.89 Å². The van der Waals surface area contributed by atoms with E-state index in [1.165, 1.54) is 4.90 Å². The van der Waals surface area contributed by atoms with Gasteiger partial charge in [-0.3, -0.25) is 4.79 Å². The van der Waals surface area contributed by atoms with E-state index in [0.717, 1.165) is 0 Å². The number of likely N-dealkylation sites (N-methyl/N-ethyl adjacent to an activating group) is 1. The van der Waals surface area contributed by atoms with Crippen molar-refractivity contribution >= 4 is 11.7 Å². The van der Waals surface area contributed by atoms with Crippen LogP contribution in [0.4, 0.5) is 13.2 Å². The third-order valence-corrected chi connectivity index (χ3v) is 1.94. The summed E-state index contributed by atoms with van der Waals surface area (Å²) < 4.78 is 39.5. The van der Waals surface area contributed by atoms with Gasteiger partial charge in [-0.1, -0.05) is 5.16 Å². The lowest BCUT2D eigenvalue weighted by Gasteiger charge is -2.20. The van der Waals surface area contributed by atoms with Crippen molar-refractivity contribution < 1.29 is 27.9 Å². The molecule has 0 atom stereocenters. The molecule has 0 aromatic carbocycles. The molecule has 0 aliphatic rings. The first-order chi connectivity index (χ1) is 8.30. The Balaban J connectivity index is 3.98. The molecule has 0 fully saturated rings. The van der Waals surface area contributed by atoms with E-state index >= 15 is 0 Å². The Hall–Kier alpha value is -1.51. The number of oxime groups is 1. The quantitative estimate of drug-likeness (QED) is 0.233. The van der Waals surface area contributed by atoms with E-state index in [1.807, 2.05) is 0 Å². The maximum Gasteiger partial charge on any atom is 0.411 e. The van der Waals surface area contributed by atoms with Gasteiger partial charge in [0.2, 0.25) is 5.91 Å². The van der Waals surface area contributed by atoms with Crippen LogP contribution in [0, 0.1) is 0 Å². The third-order valence-electron chi connectivity index (χ3n) is 1.94. The molecule has 0 saturated carbocycles. The van der Waals surface area contributed by atoms with Crippen molar-refractivity contribution in [3.63, 3.8) is 0 Å². The third kappa shape index (κ3) is 7.71. The van der Waals surface area contributed by atoms with E-state index in [1.54, 1.807) is 6.92 Å². The van der Waals surface area contributed by atoms with Gasteiger partial charge in [-0.2, -0.15) is 13.2 Å². The Kier molecular flexibility index (Phi) is 7.10. The monoisotopic (exact) mass is 271 g/mol. The lowest BCUT2D eigenvalue weighted by Crippen LogP contribution is -2.38. The van der Waals surface area contributed by atoms with Crippen molar-refractivity contribution in [2.45, 2.75) is 19.5 Å². The maximum atomic E-state index is 11.7. The highest BCUT2D eigenvalue weighted by molar-refractivity contribution is 5.86. The zero-order valence-electron chi connectivity index (χ0n) is 9.90. The molecular formula is C9H16F3N3O3. The number of carbonyl (C=O) groups excluding carboxylic acids is 1. The maximum absolute atomic E-state index is 11.7. The number of hydrogen-bond acceptors (Lipinski definition) is 4. The molecule has 18 heavy (non-hydrogen) atoms. The van der Waals surface area contributed by atoms with Crippen LogP contribution in [0.1, 0.15) is 13.3 Å². The van der Waals surface area contributed by atoms with Crippen molar-refractivity contribution in [1.29, 1.82) is 0 Å². The predicted molar refractivity (Wildman–Crippen MR) is 57.2 cm³/mol. The first-order valence-electron chi connectivity index (χ1n) is 5.18. The fraction of sp³-hybridized carbons (Fsp3) is 0.778. The zero-order chi connectivity index (χ0) is 14.2. The number of amides is 1. The van der Waals surface area contributed by atoms with Gasteiger partial charge in [0.25, 0.3) is 0 Å². The summed E-state index contributed by atoms with van der Waals surface area (Å²) in [6.45, 7) is 0.177. The summed E-state index contributed by atoms with van der Waals surface area (Å²) >= 11 is 0. The van der Waals surface area contributed by atoms with Gasteiger partial charge >= 0.3 is 6.18 Å². The molecule has 0 saturated heterocycles. The van der Waals surface area contributed by atoms with E-state index in [0.29, 0.717) is 6.54 Å². The van der Waals surface area contributed by atoms with Gasteiger partial charge in [0.1, 0.15) is 6.61 Å². The molecule has 0 bridgehead atoms. The molecule has 0 aliphatic carbocycles. The minimum Gasteiger partial charge on any atom is -0.409 e. The summed E-state index contributed by atoms with van der Waals surface area (Å²) in [5, 5.41) is 11.0. The van der Waals surface area contributed by atoms with Crippen LogP contribution in [0.3, 0.4) is 0 Å². The van der Waals surface area contributed by atoms with Crippen LogP contribution in [0.25, 0.3) is 0 Å². The van der Waals surface area contributed by atoms with E-state index < -0.39 is 18.7 Å². The lowest BCUT2D eigenvalue weighted by molar-refractivity contribution is -0.175. The number of halogens is 3. The minimum atomic E-state index is -4.40. The highest BCUT2D eigenvalue weighted by Gasteiger charge is 2.27. The summed E-state index contributed by atoms with van der Waals surface area (Å²) in [6.07, 6.45) is -4.59. The molecule has 0 aromatic heterocycles. The Morgan fingerprint density at radius 1 is 1.50 bits per heavy atom. The number of carbonyl (C=O) groups is 1. The average Bonchev–Trinajstić information content (AvgIpc) is 2.29. The molecule has 0 radical (unpaired) electrons. The Morgan fingerprint density at radius 2 is 2.11 bits per heavy atom. The van der Waals surface area contributed by atoms with E-state index in [-0.39, 0.29) is 25.4 Å². The second kappa shape index (κ2) is 7.75. The van der Waals surface area contributed by atoms with Crippen LogP contribution < -0.4 is 5.73 Å². The topological polar surface area (TPSA) is 88.1 Å². The average molecular weight is 271 g/mol. The summed E-state index contributed by atoms with van der Waals surface area (Å²) in [5.41, 5.74) is 5.23. The van der Waals surface area contributed by atoms with Crippen molar-refractivity contribution in [3.8, 4) is 0 Å². The van der Waals surface area contributed by atoms with E-state index in [9.17, 15) is 18.0 Å². The number of rotatable bonds is 7. The molecule has 0 aliphatic heterocycles. The molecule has 0 aromatic rings. The van der Waals surface area contributed by atoms with Crippen LogP contribution in [0.15, 0.2) is 5.16 Å². The molecule has 1 amide bonds. The lowest BCUT2D eigenvalue weighted by atomic mass is 10.3. The second-order valence-corrected chi connectivity index (χ2v) is 3.42. The smallest absolute Gasteiger partial charge is 0.409 e. The number of alkyl halides is 3. The highest BCUT2D eigenvalue weighted by Crippen LogP contribution is 2.14. The Labute approximate surface area is 102 Å². The molecule has 0 rings (SSSR count). The SMILES string of the molecule is CCN(CC(N)=NO)C(=O)CCOCC(F)(F)F. The molecular weight excluding hydrogens is 255 g/mol. The van der Waals surface area contributed by atoms with Gasteiger partial charge < -0.3 is 20.6 Å². The van der Waals surface area contributed by atoms with Crippen LogP contribution in [-0.2, 0) is 9.53 Å². The molecule has 106 valence electrons. The molecule has 0 heterocycles. The summed E-state index contributed by atoms with van der Waals surface area (Å²) in [5.74, 6) is -0.576. The standard InChI is InChI=1S/C9H16F3N3O3/c1-2-15(5-7(13)14-17)8(16)3-4-18-6-9(10,11)12/h17H,2-6H2,1H3,(H2,13,14). The summed E-state index contributed by atoms with van der Waals surface area (Å²) in [6, 6.07) is 0. The largest absolute Gasteiger partial charge is 0.411 e. The Morgan fingerprint density at radius 3 is 2.56 bits per heavy atom. The van der Waals surface area contributed by atoms with Crippen molar-refractivity contribution in [2.24, 2.45) is 10.9 Å². The second-order valence-electron chi connectivity index (χ2n) is 3.42. The van der Waals surface area contributed by atoms with Gasteiger partial charge in [-0.25, -0.2) is 0 Å². The number of nitrogens with two attached hydrogens (primary N) is 1. The molecule has 0 spiro atoms. The van der Waals surface area contributed by atoms with Gasteiger partial charge in [0.15, 0.2) is 5.84 Å². The summed E-state index contributed by atoms with van der Waals surface area (Å²) in [7, 11) is 0. The van der Waals surface area contributed by atoms with Gasteiger partial charge in [0.05, 0.1) is 19.6 Å². The highest BCUT2D eigenvalue weighted by atomic mass is 19.4. The normalized spacial score (nSPS) is 12.6. The van der Waals surface area contributed by atoms with Crippen LogP contribution >= 0.6 is 0 Å². The van der Waals surface area contributed by atoms with Crippen LogP contribution in [-0.4, -0.2) is 54.3 Å². The molecule has 0 unspecified atom stereocenters. The number of ether oxygens (including phenoxy) is 1. The Bertz CT molecular complexity index is 295. The summed E-state index contributed by atoms with van der Waals surface area (Å²) in [4.78, 5) is 12.8. The number of hydrogen-bond donors (Lipinski definition) is 2.